The maximum Gasteiger partial charge on any atom is 0.142 e. The molecule has 70 valence electrons. The van der Waals surface area contributed by atoms with Gasteiger partial charge in [0.1, 0.15) is 12.4 Å². The summed E-state index contributed by atoms with van der Waals surface area (Å²) >= 11 is 0. The van der Waals surface area contributed by atoms with E-state index in [4.69, 9.17) is 4.74 Å². The lowest BCUT2D eigenvalue weighted by Gasteiger charge is -2.30. The summed E-state index contributed by atoms with van der Waals surface area (Å²) in [5.41, 5.74) is 1.24. The monoisotopic (exact) mass is 177 g/mol. The summed E-state index contributed by atoms with van der Waals surface area (Å²) in [7, 11) is 0. The Bertz CT molecular complexity index is 276. The van der Waals surface area contributed by atoms with Gasteiger partial charge in [0.15, 0.2) is 0 Å². The molecule has 2 nitrogen and oxygen atoms in total. The van der Waals surface area contributed by atoms with Crippen LogP contribution in [0.25, 0.3) is 0 Å². The van der Waals surface area contributed by atoms with Gasteiger partial charge in [0, 0.05) is 6.54 Å². The summed E-state index contributed by atoms with van der Waals surface area (Å²) in [5.74, 6) is 1.03. The van der Waals surface area contributed by atoms with E-state index in [9.17, 15) is 0 Å². The van der Waals surface area contributed by atoms with Crippen LogP contribution in [-0.4, -0.2) is 24.6 Å². The molecule has 0 aromatic heterocycles. The zero-order valence-electron chi connectivity index (χ0n) is 7.99. The quantitative estimate of drug-likeness (QED) is 0.608. The highest BCUT2D eigenvalue weighted by molar-refractivity contribution is 5.32. The van der Waals surface area contributed by atoms with Crippen molar-refractivity contribution in [2.75, 3.05) is 19.7 Å². The van der Waals surface area contributed by atoms with Crippen molar-refractivity contribution in [3.63, 3.8) is 0 Å². The molecule has 2 heteroatoms. The molecular weight excluding hydrogens is 162 g/mol. The largest absolute Gasteiger partial charge is 0.490 e. The van der Waals surface area contributed by atoms with Crippen molar-refractivity contribution < 1.29 is 4.74 Å². The van der Waals surface area contributed by atoms with Gasteiger partial charge in [-0.25, -0.2) is 0 Å². The fourth-order valence-electron chi connectivity index (χ4n) is 1.70. The minimum atomic E-state index is 0.810. The highest BCUT2D eigenvalue weighted by atomic mass is 16.5. The Hall–Kier alpha value is -1.18. The van der Waals surface area contributed by atoms with Crippen molar-refractivity contribution >= 4 is 0 Å². The molecule has 0 amide bonds. The van der Waals surface area contributed by atoms with Crippen molar-refractivity contribution in [2.24, 2.45) is 0 Å². The third kappa shape index (κ3) is 1.62. The van der Waals surface area contributed by atoms with Crippen LogP contribution in [0.15, 0.2) is 35.8 Å². The van der Waals surface area contributed by atoms with E-state index in [1.54, 1.807) is 0 Å². The molecule has 1 aliphatic heterocycles. The number of ether oxygens (including phenoxy) is 1. The SMILES string of the molecule is CCN1CCOC2=C1C=CCC=C2. The van der Waals surface area contributed by atoms with Gasteiger partial charge in [0.25, 0.3) is 0 Å². The van der Waals surface area contributed by atoms with E-state index >= 15 is 0 Å². The predicted octanol–water partition coefficient (Wildman–Crippen LogP) is 2.07. The lowest BCUT2D eigenvalue weighted by Crippen LogP contribution is -2.31. The second-order valence-corrected chi connectivity index (χ2v) is 3.22. The molecule has 2 aliphatic rings. The molecule has 0 saturated heterocycles. The first-order valence-corrected chi connectivity index (χ1v) is 4.87. The zero-order valence-corrected chi connectivity index (χ0v) is 7.99. The summed E-state index contributed by atoms with van der Waals surface area (Å²) < 4.78 is 5.59. The molecule has 0 atom stereocenters. The maximum atomic E-state index is 5.59. The van der Waals surface area contributed by atoms with Crippen molar-refractivity contribution in [1.82, 2.24) is 4.90 Å². The van der Waals surface area contributed by atoms with E-state index < -0.39 is 0 Å². The smallest absolute Gasteiger partial charge is 0.142 e. The molecule has 0 saturated carbocycles. The zero-order chi connectivity index (χ0) is 9.10. The molecule has 0 fully saturated rings. The second-order valence-electron chi connectivity index (χ2n) is 3.22. The van der Waals surface area contributed by atoms with Gasteiger partial charge in [-0.05, 0) is 25.5 Å². The highest BCUT2D eigenvalue weighted by Gasteiger charge is 2.16. The number of likely N-dealkylation sites (N-methyl/N-ethyl adjacent to an activating group) is 1. The molecule has 0 radical (unpaired) electrons. The summed E-state index contributed by atoms with van der Waals surface area (Å²) in [6, 6.07) is 0. The Labute approximate surface area is 79.2 Å². The van der Waals surface area contributed by atoms with Crippen molar-refractivity contribution in [3.8, 4) is 0 Å². The third-order valence-electron chi connectivity index (χ3n) is 2.41. The molecule has 0 unspecified atom stereocenters. The molecular formula is C11H15NO. The van der Waals surface area contributed by atoms with E-state index in [2.05, 4.69) is 36.1 Å². The summed E-state index contributed by atoms with van der Waals surface area (Å²) in [6.07, 6.45) is 9.57. The lowest BCUT2D eigenvalue weighted by atomic mass is 10.2. The van der Waals surface area contributed by atoms with Crippen molar-refractivity contribution in [1.29, 1.82) is 0 Å². The minimum absolute atomic E-state index is 0.810. The average molecular weight is 177 g/mol. The van der Waals surface area contributed by atoms with Gasteiger partial charge in [0.2, 0.25) is 0 Å². The summed E-state index contributed by atoms with van der Waals surface area (Å²) in [6.45, 7) is 5.05. The molecule has 0 N–H and O–H groups in total. The number of rotatable bonds is 1. The van der Waals surface area contributed by atoms with Gasteiger partial charge in [-0.1, -0.05) is 12.2 Å². The Morgan fingerprint density at radius 3 is 3.08 bits per heavy atom. The number of nitrogens with zero attached hydrogens (tertiary/aromatic N) is 1. The minimum Gasteiger partial charge on any atom is -0.490 e. The molecule has 1 aliphatic carbocycles. The maximum absolute atomic E-state index is 5.59. The van der Waals surface area contributed by atoms with Crippen LogP contribution in [0.5, 0.6) is 0 Å². The first-order valence-electron chi connectivity index (χ1n) is 4.87. The van der Waals surface area contributed by atoms with E-state index in [1.807, 2.05) is 0 Å². The van der Waals surface area contributed by atoms with Crippen molar-refractivity contribution in [3.05, 3.63) is 35.8 Å². The van der Waals surface area contributed by atoms with E-state index in [0.717, 1.165) is 31.9 Å². The van der Waals surface area contributed by atoms with Gasteiger partial charge in [-0.3, -0.25) is 0 Å². The average Bonchev–Trinajstić information content (AvgIpc) is 2.41. The molecule has 0 bridgehead atoms. The number of hydrogen-bond donors (Lipinski definition) is 0. The van der Waals surface area contributed by atoms with Crippen molar-refractivity contribution in [2.45, 2.75) is 13.3 Å². The summed E-state index contributed by atoms with van der Waals surface area (Å²) in [4.78, 5) is 2.35. The van der Waals surface area contributed by atoms with Crippen LogP contribution in [0, 0.1) is 0 Å². The van der Waals surface area contributed by atoms with E-state index in [1.165, 1.54) is 5.70 Å². The topological polar surface area (TPSA) is 12.5 Å². The standard InChI is InChI=1S/C11H15NO/c1-2-12-8-9-13-11-7-5-3-4-6-10(11)12/h4-7H,2-3,8-9H2,1H3. The molecule has 2 rings (SSSR count). The number of hydrogen-bond acceptors (Lipinski definition) is 2. The Morgan fingerprint density at radius 2 is 2.23 bits per heavy atom. The molecule has 0 aromatic carbocycles. The Kier molecular flexibility index (Phi) is 2.39. The molecule has 1 heterocycles. The van der Waals surface area contributed by atoms with E-state index in [0.29, 0.717) is 0 Å². The van der Waals surface area contributed by atoms with Gasteiger partial charge >= 0.3 is 0 Å². The summed E-state index contributed by atoms with van der Waals surface area (Å²) in [5, 5.41) is 0. The number of allylic oxidation sites excluding steroid dienone is 4. The highest BCUT2D eigenvalue weighted by Crippen LogP contribution is 2.21. The normalized spacial score (nSPS) is 21.2. The fraction of sp³-hybridized carbons (Fsp3) is 0.455. The first-order chi connectivity index (χ1) is 6.42. The fourth-order valence-corrected chi connectivity index (χ4v) is 1.70. The molecule has 0 spiro atoms. The van der Waals surface area contributed by atoms with Crippen LogP contribution in [0.4, 0.5) is 0 Å². The molecule has 13 heavy (non-hydrogen) atoms. The predicted molar refractivity (Wildman–Crippen MR) is 53.1 cm³/mol. The third-order valence-corrected chi connectivity index (χ3v) is 2.41. The first kappa shape index (κ1) is 8.42. The van der Waals surface area contributed by atoms with Crippen LogP contribution in [0.3, 0.4) is 0 Å². The lowest BCUT2D eigenvalue weighted by molar-refractivity contribution is 0.146. The van der Waals surface area contributed by atoms with Crippen LogP contribution in [0.1, 0.15) is 13.3 Å². The second kappa shape index (κ2) is 3.69. The van der Waals surface area contributed by atoms with Crippen LogP contribution < -0.4 is 0 Å². The molecule has 0 aromatic rings. The van der Waals surface area contributed by atoms with Gasteiger partial charge in [-0.15, -0.1) is 0 Å². The Balaban J connectivity index is 2.32. The van der Waals surface area contributed by atoms with Crippen LogP contribution in [0.2, 0.25) is 0 Å². The van der Waals surface area contributed by atoms with Gasteiger partial charge in [0.05, 0.1) is 12.2 Å². The van der Waals surface area contributed by atoms with Crippen LogP contribution >= 0.6 is 0 Å². The van der Waals surface area contributed by atoms with Gasteiger partial charge in [-0.2, -0.15) is 0 Å². The van der Waals surface area contributed by atoms with Gasteiger partial charge < -0.3 is 9.64 Å². The Morgan fingerprint density at radius 1 is 1.38 bits per heavy atom. The van der Waals surface area contributed by atoms with Crippen LogP contribution in [-0.2, 0) is 4.74 Å². The van der Waals surface area contributed by atoms with E-state index in [-0.39, 0.29) is 0 Å².